The van der Waals surface area contributed by atoms with Crippen molar-refractivity contribution >= 4 is 23.6 Å². The fourth-order valence-corrected chi connectivity index (χ4v) is 4.36. The number of esters is 1. The average Bonchev–Trinajstić information content (AvgIpc) is 2.57. The van der Waals surface area contributed by atoms with Gasteiger partial charge in [0.1, 0.15) is 5.78 Å². The fraction of sp³-hybridized carbons (Fsp3) is 0.800. The molecular weight excluding hydrogens is 350 g/mol. The molecule has 1 N–H and O–H groups in total. The summed E-state index contributed by atoms with van der Waals surface area (Å²) in [6.45, 7) is 5.97. The van der Waals surface area contributed by atoms with Crippen molar-refractivity contribution in [3.63, 3.8) is 0 Å². The van der Waals surface area contributed by atoms with Crippen LogP contribution in [0.25, 0.3) is 0 Å². The van der Waals surface area contributed by atoms with Gasteiger partial charge in [0.15, 0.2) is 0 Å². The molecule has 2 amide bonds. The largest absolute Gasteiger partial charge is 0.466 e. The van der Waals surface area contributed by atoms with Crippen molar-refractivity contribution in [2.24, 2.45) is 23.7 Å². The number of likely N-dealkylation sites (tertiary alicyclic amines) is 1. The van der Waals surface area contributed by atoms with E-state index in [-0.39, 0.29) is 68.3 Å². The molecule has 0 aromatic heterocycles. The minimum Gasteiger partial charge on any atom is -0.466 e. The Balaban J connectivity index is 1.89. The SMILES string of the molecule is CCOC(=O)CCN1C(=O)CC(C[C@H](O)C2C[C@@H](C)CC(C)C2=O)CC1=O. The van der Waals surface area contributed by atoms with Gasteiger partial charge < -0.3 is 9.84 Å². The van der Waals surface area contributed by atoms with Crippen LogP contribution in [0, 0.1) is 23.7 Å². The van der Waals surface area contributed by atoms with Crippen LogP contribution >= 0.6 is 0 Å². The van der Waals surface area contributed by atoms with E-state index in [0.29, 0.717) is 12.3 Å². The minimum atomic E-state index is -0.820. The van der Waals surface area contributed by atoms with Crippen LogP contribution in [-0.2, 0) is 23.9 Å². The van der Waals surface area contributed by atoms with E-state index in [1.165, 1.54) is 0 Å². The molecule has 4 atom stereocenters. The number of hydrogen-bond acceptors (Lipinski definition) is 6. The Kier molecular flexibility index (Phi) is 7.53. The molecule has 1 saturated carbocycles. The lowest BCUT2D eigenvalue weighted by Gasteiger charge is -2.35. The normalized spacial score (nSPS) is 28.4. The quantitative estimate of drug-likeness (QED) is 0.532. The van der Waals surface area contributed by atoms with Gasteiger partial charge in [0.25, 0.3) is 0 Å². The number of carbonyl (C=O) groups is 4. The Hall–Kier alpha value is -1.76. The van der Waals surface area contributed by atoms with E-state index in [1.807, 2.05) is 6.92 Å². The smallest absolute Gasteiger partial charge is 0.307 e. The Labute approximate surface area is 160 Å². The number of imide groups is 1. The number of rotatable bonds is 7. The van der Waals surface area contributed by atoms with Crippen molar-refractivity contribution < 1.29 is 29.0 Å². The van der Waals surface area contributed by atoms with Gasteiger partial charge in [-0.25, -0.2) is 0 Å². The summed E-state index contributed by atoms with van der Waals surface area (Å²) in [5.74, 6) is -1.35. The average molecular weight is 381 g/mol. The van der Waals surface area contributed by atoms with Gasteiger partial charge in [-0.1, -0.05) is 13.8 Å². The third-order valence-electron chi connectivity index (χ3n) is 5.68. The van der Waals surface area contributed by atoms with Crippen LogP contribution in [0.3, 0.4) is 0 Å². The molecule has 0 radical (unpaired) electrons. The first-order valence-corrected chi connectivity index (χ1v) is 9.93. The van der Waals surface area contributed by atoms with E-state index in [2.05, 4.69) is 6.92 Å². The lowest BCUT2D eigenvalue weighted by atomic mass is 9.71. The molecule has 2 rings (SSSR count). The summed E-state index contributed by atoms with van der Waals surface area (Å²) in [5.41, 5.74) is 0. The zero-order chi connectivity index (χ0) is 20.1. The molecule has 2 aliphatic rings. The van der Waals surface area contributed by atoms with Crippen LogP contribution in [0.1, 0.15) is 59.3 Å². The number of amides is 2. The van der Waals surface area contributed by atoms with Crippen molar-refractivity contribution in [1.29, 1.82) is 0 Å². The number of piperidine rings is 1. The maximum Gasteiger partial charge on any atom is 0.307 e. The van der Waals surface area contributed by atoms with Gasteiger partial charge in [0.05, 0.1) is 19.1 Å². The molecule has 152 valence electrons. The van der Waals surface area contributed by atoms with Crippen molar-refractivity contribution in [2.45, 2.75) is 65.4 Å². The summed E-state index contributed by atoms with van der Waals surface area (Å²) < 4.78 is 4.82. The highest BCUT2D eigenvalue weighted by molar-refractivity contribution is 5.98. The van der Waals surface area contributed by atoms with Crippen LogP contribution in [0.5, 0.6) is 0 Å². The molecule has 2 fully saturated rings. The number of hydrogen-bond donors (Lipinski definition) is 1. The zero-order valence-corrected chi connectivity index (χ0v) is 16.5. The Morgan fingerprint density at radius 2 is 1.81 bits per heavy atom. The van der Waals surface area contributed by atoms with Gasteiger partial charge >= 0.3 is 5.97 Å². The third kappa shape index (κ3) is 5.61. The summed E-state index contributed by atoms with van der Waals surface area (Å²) in [6.07, 6.45) is 1.25. The van der Waals surface area contributed by atoms with Gasteiger partial charge in [-0.05, 0) is 38.0 Å². The van der Waals surface area contributed by atoms with Gasteiger partial charge in [0.2, 0.25) is 11.8 Å². The molecule has 7 heteroatoms. The number of aliphatic hydroxyl groups excluding tert-OH is 1. The first-order valence-electron chi connectivity index (χ1n) is 9.93. The molecule has 0 spiro atoms. The zero-order valence-electron chi connectivity index (χ0n) is 16.5. The van der Waals surface area contributed by atoms with Crippen LogP contribution < -0.4 is 0 Å². The van der Waals surface area contributed by atoms with Crippen LogP contribution in [0.4, 0.5) is 0 Å². The first-order chi connectivity index (χ1) is 12.7. The van der Waals surface area contributed by atoms with E-state index in [1.54, 1.807) is 6.92 Å². The predicted molar refractivity (Wildman–Crippen MR) is 97.4 cm³/mol. The Morgan fingerprint density at radius 3 is 2.41 bits per heavy atom. The number of ether oxygens (including phenoxy) is 1. The summed E-state index contributed by atoms with van der Waals surface area (Å²) in [5, 5.41) is 10.6. The van der Waals surface area contributed by atoms with E-state index in [4.69, 9.17) is 4.74 Å². The molecule has 1 heterocycles. The van der Waals surface area contributed by atoms with E-state index >= 15 is 0 Å². The van der Waals surface area contributed by atoms with Crippen LogP contribution in [0.15, 0.2) is 0 Å². The lowest BCUT2D eigenvalue weighted by molar-refractivity contribution is -0.152. The highest BCUT2D eigenvalue weighted by atomic mass is 16.5. The molecule has 1 aliphatic heterocycles. The highest BCUT2D eigenvalue weighted by Crippen LogP contribution is 2.35. The van der Waals surface area contributed by atoms with Gasteiger partial charge in [0, 0.05) is 31.2 Å². The predicted octanol–water partition coefficient (Wildman–Crippen LogP) is 1.71. The summed E-state index contributed by atoms with van der Waals surface area (Å²) in [4.78, 5) is 49.6. The topological polar surface area (TPSA) is 101 Å². The molecule has 27 heavy (non-hydrogen) atoms. The number of aliphatic hydroxyl groups is 1. The molecule has 1 saturated heterocycles. The second-order valence-corrected chi connectivity index (χ2v) is 8.06. The second-order valence-electron chi connectivity index (χ2n) is 8.06. The second kappa shape index (κ2) is 9.44. The minimum absolute atomic E-state index is 0.00896. The third-order valence-corrected chi connectivity index (χ3v) is 5.68. The van der Waals surface area contributed by atoms with E-state index in [0.717, 1.165) is 11.3 Å². The van der Waals surface area contributed by atoms with E-state index in [9.17, 15) is 24.3 Å². The fourth-order valence-electron chi connectivity index (χ4n) is 4.36. The van der Waals surface area contributed by atoms with Crippen molar-refractivity contribution in [2.75, 3.05) is 13.2 Å². The molecule has 0 bridgehead atoms. The maximum atomic E-state index is 12.4. The number of ketones is 1. The monoisotopic (exact) mass is 381 g/mol. The van der Waals surface area contributed by atoms with Crippen LogP contribution in [-0.4, -0.2) is 52.8 Å². The molecule has 2 unspecified atom stereocenters. The maximum absolute atomic E-state index is 12.4. The van der Waals surface area contributed by atoms with Gasteiger partial charge in [-0.2, -0.15) is 0 Å². The Bertz CT molecular complexity index is 571. The van der Waals surface area contributed by atoms with Crippen molar-refractivity contribution in [1.82, 2.24) is 4.90 Å². The van der Waals surface area contributed by atoms with Crippen LogP contribution in [0.2, 0.25) is 0 Å². The number of nitrogens with zero attached hydrogens (tertiary/aromatic N) is 1. The first kappa shape index (κ1) is 21.5. The Morgan fingerprint density at radius 1 is 1.19 bits per heavy atom. The summed E-state index contributed by atoms with van der Waals surface area (Å²) in [7, 11) is 0. The molecule has 7 nitrogen and oxygen atoms in total. The molecule has 0 aromatic carbocycles. The molecular formula is C20H31NO6. The number of carbonyl (C=O) groups excluding carboxylic acids is 4. The highest BCUT2D eigenvalue weighted by Gasteiger charge is 2.39. The lowest BCUT2D eigenvalue weighted by Crippen LogP contribution is -2.46. The molecule has 1 aliphatic carbocycles. The number of Topliss-reactive ketones (excluding diaryl/α,β-unsaturated/α-hetero) is 1. The molecule has 0 aromatic rings. The standard InChI is InChI=1S/C20H31NO6/c1-4-27-19(25)5-6-21-17(23)10-14(11-18(21)24)9-16(22)15-8-12(2)7-13(3)20(15)26/h12-16,22H,4-11H2,1-3H3/t12-,13?,15?,16-/m0/s1. The van der Waals surface area contributed by atoms with Gasteiger partial charge in [-0.15, -0.1) is 0 Å². The summed E-state index contributed by atoms with van der Waals surface area (Å²) >= 11 is 0. The summed E-state index contributed by atoms with van der Waals surface area (Å²) in [6, 6.07) is 0. The van der Waals surface area contributed by atoms with Gasteiger partial charge in [-0.3, -0.25) is 24.1 Å². The van der Waals surface area contributed by atoms with Crippen molar-refractivity contribution in [3.8, 4) is 0 Å². The van der Waals surface area contributed by atoms with E-state index < -0.39 is 18.0 Å². The van der Waals surface area contributed by atoms with Crippen molar-refractivity contribution in [3.05, 3.63) is 0 Å².